The van der Waals surface area contributed by atoms with Crippen LogP contribution >= 0.6 is 0 Å². The van der Waals surface area contributed by atoms with Crippen molar-refractivity contribution in [2.75, 3.05) is 27.2 Å². The first-order valence-electron chi connectivity index (χ1n) is 6.69. The lowest BCUT2D eigenvalue weighted by Crippen LogP contribution is -2.32. The van der Waals surface area contributed by atoms with Gasteiger partial charge in [-0.05, 0) is 31.2 Å². The molecule has 0 bridgehead atoms. The van der Waals surface area contributed by atoms with E-state index in [1.807, 2.05) is 19.9 Å². The van der Waals surface area contributed by atoms with E-state index in [9.17, 15) is 13.2 Å². The number of hydrogen-bond acceptors (Lipinski definition) is 5. The molecule has 0 saturated carbocycles. The van der Waals surface area contributed by atoms with Crippen LogP contribution in [0.3, 0.4) is 0 Å². The number of carbonyl (C=O) groups excluding carboxylic acids is 1. The van der Waals surface area contributed by atoms with Gasteiger partial charge in [0.1, 0.15) is 6.54 Å². The minimum absolute atomic E-state index is 0.0519. The van der Waals surface area contributed by atoms with Crippen LogP contribution in [0.15, 0.2) is 29.2 Å². The third kappa shape index (κ3) is 4.52. The minimum atomic E-state index is -3.71. The Bertz CT molecular complexity index is 586. The van der Waals surface area contributed by atoms with E-state index in [1.165, 1.54) is 20.2 Å². The Kier molecular flexibility index (Phi) is 6.32. The average Bonchev–Trinajstić information content (AvgIpc) is 2.47. The van der Waals surface area contributed by atoms with Crippen molar-refractivity contribution in [1.29, 1.82) is 0 Å². The first-order valence-corrected chi connectivity index (χ1v) is 8.13. The second kappa shape index (κ2) is 7.53. The molecule has 7 heteroatoms. The quantitative estimate of drug-likeness (QED) is 0.764. The number of carbonyl (C=O) groups is 1. The van der Waals surface area contributed by atoms with E-state index in [0.29, 0.717) is 0 Å². The molecule has 1 aromatic rings. The first-order chi connectivity index (χ1) is 9.82. The molecular weight excluding hydrogens is 292 g/mol. The second-order valence-corrected chi connectivity index (χ2v) is 6.73. The smallest absolute Gasteiger partial charge is 0.321 e. The summed E-state index contributed by atoms with van der Waals surface area (Å²) < 4.78 is 30.3. The Morgan fingerprint density at radius 3 is 2.67 bits per heavy atom. The van der Waals surface area contributed by atoms with Gasteiger partial charge in [-0.15, -0.1) is 0 Å². The summed E-state index contributed by atoms with van der Waals surface area (Å²) in [6.07, 6.45) is 0. The van der Waals surface area contributed by atoms with Crippen molar-refractivity contribution in [3.05, 3.63) is 29.8 Å². The number of nitrogens with zero attached hydrogens (tertiary/aromatic N) is 1. The highest BCUT2D eigenvalue weighted by molar-refractivity contribution is 7.89. The number of ether oxygens (including phenoxy) is 1. The fraction of sp³-hybridized carbons (Fsp3) is 0.500. The van der Waals surface area contributed by atoms with E-state index in [1.54, 1.807) is 12.1 Å². The van der Waals surface area contributed by atoms with E-state index in [-0.39, 0.29) is 17.5 Å². The Morgan fingerprint density at radius 2 is 2.10 bits per heavy atom. The molecule has 0 amide bonds. The van der Waals surface area contributed by atoms with Crippen molar-refractivity contribution < 1.29 is 17.9 Å². The van der Waals surface area contributed by atoms with Gasteiger partial charge in [-0.25, -0.2) is 8.42 Å². The van der Waals surface area contributed by atoms with Gasteiger partial charge >= 0.3 is 5.97 Å². The number of esters is 1. The second-order valence-electron chi connectivity index (χ2n) is 4.69. The number of benzene rings is 1. The van der Waals surface area contributed by atoms with Gasteiger partial charge in [0.2, 0.25) is 10.0 Å². The molecule has 0 heterocycles. The molecule has 1 rings (SSSR count). The molecule has 1 aromatic carbocycles. The summed E-state index contributed by atoms with van der Waals surface area (Å²) in [4.78, 5) is 11.4. The molecule has 0 radical (unpaired) electrons. The molecule has 118 valence electrons. The molecule has 0 aromatic heterocycles. The Morgan fingerprint density at radius 1 is 1.43 bits per heavy atom. The summed E-state index contributed by atoms with van der Waals surface area (Å²) >= 11 is 0. The summed E-state index contributed by atoms with van der Waals surface area (Å²) in [5.74, 6) is -0.599. The topological polar surface area (TPSA) is 75.7 Å². The first kappa shape index (κ1) is 17.6. The van der Waals surface area contributed by atoms with Gasteiger partial charge in [0.05, 0.1) is 12.0 Å². The molecule has 0 aliphatic heterocycles. The number of hydrogen-bond donors (Lipinski definition) is 1. The third-order valence-corrected chi connectivity index (χ3v) is 4.96. The van der Waals surface area contributed by atoms with E-state index < -0.39 is 16.0 Å². The van der Waals surface area contributed by atoms with E-state index >= 15 is 0 Å². The van der Waals surface area contributed by atoms with Gasteiger partial charge in [-0.2, -0.15) is 4.31 Å². The van der Waals surface area contributed by atoms with Crippen LogP contribution in [-0.2, 0) is 19.6 Å². The predicted octanol–water partition coefficient (Wildman–Crippen LogP) is 1.15. The number of methoxy groups -OCH3 is 1. The zero-order valence-corrected chi connectivity index (χ0v) is 13.6. The lowest BCUT2D eigenvalue weighted by atomic mass is 10.1. The molecule has 21 heavy (non-hydrogen) atoms. The summed E-state index contributed by atoms with van der Waals surface area (Å²) in [6, 6.07) is 6.76. The van der Waals surface area contributed by atoms with Crippen LogP contribution in [0, 0.1) is 0 Å². The summed E-state index contributed by atoms with van der Waals surface area (Å²) in [6.45, 7) is 4.43. The molecule has 6 nitrogen and oxygen atoms in total. The predicted molar refractivity (Wildman–Crippen MR) is 80.4 cm³/mol. The lowest BCUT2D eigenvalue weighted by Gasteiger charge is -2.18. The molecule has 1 atom stereocenters. The van der Waals surface area contributed by atoms with E-state index in [4.69, 9.17) is 0 Å². The Labute approximate surface area is 126 Å². The zero-order valence-electron chi connectivity index (χ0n) is 12.8. The number of nitrogens with one attached hydrogen (secondary N) is 1. The molecule has 0 fully saturated rings. The van der Waals surface area contributed by atoms with Gasteiger partial charge in [-0.3, -0.25) is 4.79 Å². The van der Waals surface area contributed by atoms with Crippen LogP contribution in [0.25, 0.3) is 0 Å². The van der Waals surface area contributed by atoms with Crippen molar-refractivity contribution in [2.24, 2.45) is 0 Å². The number of likely N-dealkylation sites (N-methyl/N-ethyl adjacent to an activating group) is 1. The fourth-order valence-corrected chi connectivity index (χ4v) is 3.05. The van der Waals surface area contributed by atoms with Gasteiger partial charge in [0, 0.05) is 13.1 Å². The Balaban J connectivity index is 3.03. The van der Waals surface area contributed by atoms with Gasteiger partial charge in [0.25, 0.3) is 0 Å². The average molecular weight is 314 g/mol. The van der Waals surface area contributed by atoms with Gasteiger partial charge in [-0.1, -0.05) is 19.1 Å². The monoisotopic (exact) mass is 314 g/mol. The molecular formula is C14H22N2O4S. The fourth-order valence-electron chi connectivity index (χ4n) is 1.88. The molecule has 0 aliphatic rings. The summed E-state index contributed by atoms with van der Waals surface area (Å²) in [5, 5.41) is 3.23. The zero-order chi connectivity index (χ0) is 16.0. The van der Waals surface area contributed by atoms with E-state index in [0.717, 1.165) is 16.4 Å². The highest BCUT2D eigenvalue weighted by atomic mass is 32.2. The molecule has 1 N–H and O–H groups in total. The maximum Gasteiger partial charge on any atom is 0.321 e. The normalized spacial score (nSPS) is 13.2. The summed E-state index contributed by atoms with van der Waals surface area (Å²) in [5.41, 5.74) is 0.879. The van der Waals surface area contributed by atoms with Crippen molar-refractivity contribution >= 4 is 16.0 Å². The van der Waals surface area contributed by atoms with Gasteiger partial charge in [0.15, 0.2) is 0 Å². The maximum absolute atomic E-state index is 12.4. The van der Waals surface area contributed by atoms with E-state index in [2.05, 4.69) is 10.1 Å². The number of sulfonamides is 1. The molecule has 0 aliphatic carbocycles. The molecule has 0 spiro atoms. The highest BCUT2D eigenvalue weighted by Crippen LogP contribution is 2.19. The van der Waals surface area contributed by atoms with Crippen molar-refractivity contribution in [3.63, 3.8) is 0 Å². The Hall–Kier alpha value is -1.44. The molecule has 0 saturated heterocycles. The SMILES string of the molecule is CCNC(C)c1cccc(S(=O)(=O)N(C)CC(=O)OC)c1. The van der Waals surface area contributed by atoms with Crippen molar-refractivity contribution in [1.82, 2.24) is 9.62 Å². The van der Waals surface area contributed by atoms with Crippen LogP contribution in [-0.4, -0.2) is 45.9 Å². The summed E-state index contributed by atoms with van der Waals surface area (Å²) in [7, 11) is -1.13. The van der Waals surface area contributed by atoms with Crippen LogP contribution in [0.5, 0.6) is 0 Å². The van der Waals surface area contributed by atoms with Crippen LogP contribution in [0.1, 0.15) is 25.5 Å². The number of rotatable bonds is 7. The van der Waals surface area contributed by atoms with Crippen LogP contribution in [0.2, 0.25) is 0 Å². The van der Waals surface area contributed by atoms with Crippen molar-refractivity contribution in [3.8, 4) is 0 Å². The third-order valence-electron chi connectivity index (χ3n) is 3.16. The standard InChI is InChI=1S/C14H22N2O4S/c1-5-15-11(2)12-7-6-8-13(9-12)21(18,19)16(3)10-14(17)20-4/h6-9,11,15H,5,10H2,1-4H3. The van der Waals surface area contributed by atoms with Crippen LogP contribution < -0.4 is 5.32 Å². The van der Waals surface area contributed by atoms with Crippen molar-refractivity contribution in [2.45, 2.75) is 24.8 Å². The van der Waals surface area contributed by atoms with Gasteiger partial charge < -0.3 is 10.1 Å². The maximum atomic E-state index is 12.4. The minimum Gasteiger partial charge on any atom is -0.468 e. The highest BCUT2D eigenvalue weighted by Gasteiger charge is 2.23. The lowest BCUT2D eigenvalue weighted by molar-refractivity contribution is -0.140. The molecule has 1 unspecified atom stereocenters. The van der Waals surface area contributed by atoms with Crippen LogP contribution in [0.4, 0.5) is 0 Å². The largest absolute Gasteiger partial charge is 0.468 e.